The molecule has 0 saturated heterocycles. The lowest BCUT2D eigenvalue weighted by atomic mass is 10.0. The number of fused-ring (bicyclic) bond motifs is 1. The average molecular weight is 321 g/mol. The van der Waals surface area contributed by atoms with Crippen LogP contribution in [-0.4, -0.2) is 21.3 Å². The number of nitrogens with one attached hydrogen (secondary N) is 1. The minimum atomic E-state index is 0.352. The summed E-state index contributed by atoms with van der Waals surface area (Å²) < 4.78 is 2.00. The van der Waals surface area contributed by atoms with E-state index in [1.165, 1.54) is 5.56 Å². The Bertz CT molecular complexity index is 836. The van der Waals surface area contributed by atoms with Crippen molar-refractivity contribution in [3.05, 3.63) is 46.5 Å². The summed E-state index contributed by atoms with van der Waals surface area (Å²) >= 11 is 0. The lowest BCUT2D eigenvalue weighted by Crippen LogP contribution is -2.05. The van der Waals surface area contributed by atoms with E-state index in [1.54, 1.807) is 0 Å². The Balaban J connectivity index is 1.96. The van der Waals surface area contributed by atoms with Gasteiger partial charge in [-0.1, -0.05) is 6.08 Å². The van der Waals surface area contributed by atoms with Gasteiger partial charge in [0.2, 0.25) is 0 Å². The Kier molecular flexibility index (Phi) is 4.39. The van der Waals surface area contributed by atoms with Gasteiger partial charge < -0.3 is 5.32 Å². The molecule has 2 aromatic rings. The zero-order valence-corrected chi connectivity index (χ0v) is 14.7. The molecule has 0 radical (unpaired) electrons. The van der Waals surface area contributed by atoms with Crippen molar-refractivity contribution in [1.29, 1.82) is 5.26 Å². The van der Waals surface area contributed by atoms with Gasteiger partial charge in [0.05, 0.1) is 23.0 Å². The van der Waals surface area contributed by atoms with Gasteiger partial charge in [0.15, 0.2) is 0 Å². The molecule has 1 aliphatic rings. The number of hydrogen-bond acceptors (Lipinski definition) is 4. The Morgan fingerprint density at radius 3 is 2.83 bits per heavy atom. The van der Waals surface area contributed by atoms with Crippen LogP contribution in [0.5, 0.6) is 0 Å². The van der Waals surface area contributed by atoms with Crippen LogP contribution in [0, 0.1) is 18.3 Å². The lowest BCUT2D eigenvalue weighted by Gasteiger charge is -2.12. The fourth-order valence-corrected chi connectivity index (χ4v) is 3.08. The molecule has 0 aliphatic heterocycles. The van der Waals surface area contributed by atoms with Crippen molar-refractivity contribution in [1.82, 2.24) is 14.8 Å². The maximum atomic E-state index is 9.32. The van der Waals surface area contributed by atoms with E-state index in [0.717, 1.165) is 53.3 Å². The molecule has 2 heterocycles. The van der Waals surface area contributed by atoms with Crippen LogP contribution in [0.2, 0.25) is 0 Å². The number of anilines is 1. The summed E-state index contributed by atoms with van der Waals surface area (Å²) in [5.41, 5.74) is 6.97. The quantitative estimate of drug-likeness (QED) is 0.913. The predicted octanol–water partition coefficient (Wildman–Crippen LogP) is 3.65. The fourth-order valence-electron chi connectivity index (χ4n) is 3.08. The Morgan fingerprint density at radius 2 is 2.21 bits per heavy atom. The van der Waals surface area contributed by atoms with E-state index in [9.17, 15) is 5.26 Å². The van der Waals surface area contributed by atoms with Gasteiger partial charge in [-0.3, -0.25) is 9.67 Å². The number of aryl methyl sites for hydroxylation is 1. The zero-order valence-electron chi connectivity index (χ0n) is 14.7. The smallest absolute Gasteiger partial charge is 0.0996 e. The van der Waals surface area contributed by atoms with Gasteiger partial charge >= 0.3 is 0 Å². The van der Waals surface area contributed by atoms with Crippen molar-refractivity contribution >= 4 is 11.3 Å². The van der Waals surface area contributed by atoms with Gasteiger partial charge in [-0.15, -0.1) is 0 Å². The molecule has 0 fully saturated rings. The van der Waals surface area contributed by atoms with Crippen molar-refractivity contribution in [2.45, 2.75) is 46.6 Å². The van der Waals surface area contributed by atoms with Gasteiger partial charge in [-0.05, 0) is 39.3 Å². The van der Waals surface area contributed by atoms with Gasteiger partial charge in [0.1, 0.15) is 0 Å². The first-order valence-electron chi connectivity index (χ1n) is 8.45. The van der Waals surface area contributed by atoms with Crippen LogP contribution in [0.1, 0.15) is 55.0 Å². The topological polar surface area (TPSA) is 66.5 Å². The van der Waals surface area contributed by atoms with E-state index >= 15 is 0 Å². The summed E-state index contributed by atoms with van der Waals surface area (Å²) in [5, 5.41) is 17.3. The van der Waals surface area contributed by atoms with Crippen LogP contribution in [0.3, 0.4) is 0 Å². The molecule has 0 aromatic carbocycles. The highest BCUT2D eigenvalue weighted by Gasteiger charge is 2.21. The highest BCUT2D eigenvalue weighted by Crippen LogP contribution is 2.33. The van der Waals surface area contributed by atoms with Crippen molar-refractivity contribution in [3.8, 4) is 6.07 Å². The molecule has 124 valence electrons. The molecule has 0 saturated carbocycles. The molecule has 1 N–H and O–H groups in total. The second kappa shape index (κ2) is 6.48. The first-order chi connectivity index (χ1) is 11.5. The van der Waals surface area contributed by atoms with Gasteiger partial charge in [-0.25, -0.2) is 0 Å². The third kappa shape index (κ3) is 2.92. The summed E-state index contributed by atoms with van der Waals surface area (Å²) in [6.07, 6.45) is 5.56. The second-order valence-electron chi connectivity index (χ2n) is 6.44. The monoisotopic (exact) mass is 321 g/mol. The number of pyridine rings is 1. The van der Waals surface area contributed by atoms with Crippen LogP contribution in [-0.2, 0) is 12.8 Å². The van der Waals surface area contributed by atoms with Crippen molar-refractivity contribution in [3.63, 3.8) is 0 Å². The lowest BCUT2D eigenvalue weighted by molar-refractivity contribution is 0.529. The fraction of sp³-hybridized carbons (Fsp3) is 0.421. The normalized spacial score (nSPS) is 12.9. The van der Waals surface area contributed by atoms with E-state index in [4.69, 9.17) is 4.98 Å². The summed E-state index contributed by atoms with van der Waals surface area (Å²) in [5.74, 6) is 0. The van der Waals surface area contributed by atoms with Crippen LogP contribution >= 0.6 is 0 Å². The standard InChI is InChI=1S/C19H23N5/c1-5-21-18-9-16(22-17-7-6-14(10-20)19(17)18)8-15-11-24(12(2)3)23-13(15)4/h6,9,11-12H,5,7-8H2,1-4H3,(H,21,22). The SMILES string of the molecule is CCNc1cc(Cc2cn(C(C)C)nc2C)nc2c1C(C#N)=CC2. The molecule has 5 nitrogen and oxygen atoms in total. The van der Waals surface area contributed by atoms with Crippen molar-refractivity contribution in [2.24, 2.45) is 0 Å². The molecule has 0 amide bonds. The Labute approximate surface area is 143 Å². The van der Waals surface area contributed by atoms with E-state index in [-0.39, 0.29) is 0 Å². The molecular formula is C19H23N5. The number of allylic oxidation sites excluding steroid dienone is 2. The minimum absolute atomic E-state index is 0.352. The highest BCUT2D eigenvalue weighted by atomic mass is 15.3. The van der Waals surface area contributed by atoms with Crippen molar-refractivity contribution in [2.75, 3.05) is 11.9 Å². The molecular weight excluding hydrogens is 298 g/mol. The molecule has 3 rings (SSSR count). The van der Waals surface area contributed by atoms with Crippen LogP contribution in [0.25, 0.3) is 5.57 Å². The van der Waals surface area contributed by atoms with Crippen molar-refractivity contribution < 1.29 is 0 Å². The molecule has 0 atom stereocenters. The third-order valence-electron chi connectivity index (χ3n) is 4.32. The number of aromatic nitrogens is 3. The molecule has 24 heavy (non-hydrogen) atoms. The Hall–Kier alpha value is -2.61. The van der Waals surface area contributed by atoms with Gasteiger partial charge in [-0.2, -0.15) is 10.4 Å². The minimum Gasteiger partial charge on any atom is -0.385 e. The summed E-state index contributed by atoms with van der Waals surface area (Å²) in [4.78, 5) is 4.80. The van der Waals surface area contributed by atoms with Gasteiger partial charge in [0.25, 0.3) is 0 Å². The number of rotatable bonds is 5. The largest absolute Gasteiger partial charge is 0.385 e. The molecule has 5 heteroatoms. The van der Waals surface area contributed by atoms with E-state index in [0.29, 0.717) is 6.04 Å². The second-order valence-corrected chi connectivity index (χ2v) is 6.44. The average Bonchev–Trinajstić information content (AvgIpc) is 3.12. The predicted molar refractivity (Wildman–Crippen MR) is 95.8 cm³/mol. The molecule has 0 unspecified atom stereocenters. The molecule has 0 spiro atoms. The summed E-state index contributed by atoms with van der Waals surface area (Å²) in [6.45, 7) is 9.18. The maximum Gasteiger partial charge on any atom is 0.0996 e. The first-order valence-corrected chi connectivity index (χ1v) is 8.45. The number of nitriles is 1. The number of nitrogens with zero attached hydrogens (tertiary/aromatic N) is 4. The van der Waals surface area contributed by atoms with E-state index in [1.807, 2.05) is 17.7 Å². The Morgan fingerprint density at radius 1 is 1.42 bits per heavy atom. The van der Waals surface area contributed by atoms with Gasteiger partial charge in [0, 0.05) is 48.6 Å². The first kappa shape index (κ1) is 16.3. The van der Waals surface area contributed by atoms with E-state index in [2.05, 4.69) is 49.5 Å². The maximum absolute atomic E-state index is 9.32. The third-order valence-corrected chi connectivity index (χ3v) is 4.32. The van der Waals surface area contributed by atoms with E-state index < -0.39 is 0 Å². The highest BCUT2D eigenvalue weighted by molar-refractivity contribution is 5.88. The molecule has 0 bridgehead atoms. The number of hydrogen-bond donors (Lipinski definition) is 1. The molecule has 1 aliphatic carbocycles. The zero-order chi connectivity index (χ0) is 17.3. The summed E-state index contributed by atoms with van der Waals surface area (Å²) in [6, 6.07) is 4.71. The summed E-state index contributed by atoms with van der Waals surface area (Å²) in [7, 11) is 0. The van der Waals surface area contributed by atoms with Crippen LogP contribution in [0.4, 0.5) is 5.69 Å². The van der Waals surface area contributed by atoms with Crippen LogP contribution in [0.15, 0.2) is 18.3 Å². The molecule has 2 aromatic heterocycles. The van der Waals surface area contributed by atoms with Crippen LogP contribution < -0.4 is 5.32 Å².